The SMILES string of the molecule is C=CCN1C(=NC(=O)CCCc2ccccc2)S[C@@H]2CS(=O)(=O)C[C@@H]21. The highest BCUT2D eigenvalue weighted by molar-refractivity contribution is 8.15. The van der Waals surface area contributed by atoms with Gasteiger partial charge in [-0.05, 0) is 18.4 Å². The smallest absolute Gasteiger partial charge is 0.248 e. The van der Waals surface area contributed by atoms with Crippen LogP contribution in [0.2, 0.25) is 0 Å². The number of carbonyl (C=O) groups is 1. The number of aryl methyl sites for hydroxylation is 1. The lowest BCUT2D eigenvalue weighted by atomic mass is 10.1. The van der Waals surface area contributed by atoms with Gasteiger partial charge in [0.2, 0.25) is 5.91 Å². The fourth-order valence-corrected chi connectivity index (χ4v) is 7.22. The molecule has 2 saturated heterocycles. The molecule has 2 fully saturated rings. The van der Waals surface area contributed by atoms with E-state index in [4.69, 9.17) is 0 Å². The first kappa shape index (κ1) is 18.2. The quantitative estimate of drug-likeness (QED) is 0.711. The van der Waals surface area contributed by atoms with Crippen LogP contribution in [0.3, 0.4) is 0 Å². The zero-order chi connectivity index (χ0) is 17.9. The monoisotopic (exact) mass is 378 g/mol. The van der Waals surface area contributed by atoms with E-state index in [1.165, 1.54) is 17.3 Å². The Morgan fingerprint density at radius 3 is 2.80 bits per heavy atom. The van der Waals surface area contributed by atoms with Crippen molar-refractivity contribution >= 4 is 32.7 Å². The van der Waals surface area contributed by atoms with Gasteiger partial charge in [-0.25, -0.2) is 8.42 Å². The van der Waals surface area contributed by atoms with Gasteiger partial charge in [-0.2, -0.15) is 4.99 Å². The third kappa shape index (κ3) is 4.52. The molecule has 0 unspecified atom stereocenters. The summed E-state index contributed by atoms with van der Waals surface area (Å²) in [5.41, 5.74) is 1.21. The Bertz CT molecular complexity index is 775. The van der Waals surface area contributed by atoms with Gasteiger partial charge in [-0.1, -0.05) is 48.2 Å². The Kier molecular flexibility index (Phi) is 5.64. The molecule has 7 heteroatoms. The van der Waals surface area contributed by atoms with Crippen LogP contribution < -0.4 is 0 Å². The first-order chi connectivity index (χ1) is 12.0. The fourth-order valence-electron chi connectivity index (χ4n) is 3.24. The van der Waals surface area contributed by atoms with Crippen LogP contribution in [0.15, 0.2) is 48.0 Å². The number of carbonyl (C=O) groups excluding carboxylic acids is 1. The van der Waals surface area contributed by atoms with E-state index >= 15 is 0 Å². The number of hydrogen-bond acceptors (Lipinski definition) is 4. The van der Waals surface area contributed by atoms with Crippen LogP contribution in [0.1, 0.15) is 18.4 Å². The minimum Gasteiger partial charge on any atom is -0.342 e. The van der Waals surface area contributed by atoms with Gasteiger partial charge >= 0.3 is 0 Å². The molecule has 1 aromatic rings. The zero-order valence-corrected chi connectivity index (χ0v) is 15.6. The van der Waals surface area contributed by atoms with E-state index in [1.54, 1.807) is 6.08 Å². The van der Waals surface area contributed by atoms with Crippen molar-refractivity contribution in [3.05, 3.63) is 48.6 Å². The van der Waals surface area contributed by atoms with Gasteiger partial charge < -0.3 is 4.90 Å². The van der Waals surface area contributed by atoms with E-state index in [1.807, 2.05) is 23.1 Å². The predicted octanol–water partition coefficient (Wildman–Crippen LogP) is 2.29. The third-order valence-corrected chi connectivity index (χ3v) is 7.67. The van der Waals surface area contributed by atoms with Crippen molar-refractivity contribution in [3.8, 4) is 0 Å². The van der Waals surface area contributed by atoms with E-state index in [9.17, 15) is 13.2 Å². The standard InChI is InChI=1S/C18H22N2O3S2/c1-2-11-20-15-12-25(22,23)13-16(15)24-18(20)19-17(21)10-6-9-14-7-4-3-5-8-14/h2-5,7-8,15-16H,1,6,9-13H2/t15-,16+/m0/s1. The van der Waals surface area contributed by atoms with Crippen molar-refractivity contribution in [2.75, 3.05) is 18.1 Å². The Labute approximate surface area is 153 Å². The Morgan fingerprint density at radius 1 is 1.32 bits per heavy atom. The average molecular weight is 379 g/mol. The van der Waals surface area contributed by atoms with Crippen LogP contribution in [0.25, 0.3) is 0 Å². The Balaban J connectivity index is 1.60. The second-order valence-corrected chi connectivity index (χ2v) is 9.73. The molecule has 0 aliphatic carbocycles. The van der Waals surface area contributed by atoms with Gasteiger partial charge in [-0.15, -0.1) is 6.58 Å². The topological polar surface area (TPSA) is 66.8 Å². The minimum absolute atomic E-state index is 0.0270. The second kappa shape index (κ2) is 7.74. The molecular weight excluding hydrogens is 356 g/mol. The number of rotatable bonds is 6. The molecule has 5 nitrogen and oxygen atoms in total. The molecule has 2 aliphatic rings. The predicted molar refractivity (Wildman–Crippen MR) is 103 cm³/mol. The number of hydrogen-bond donors (Lipinski definition) is 0. The Hall–Kier alpha value is -1.60. The van der Waals surface area contributed by atoms with E-state index in [0.717, 1.165) is 12.8 Å². The molecule has 0 radical (unpaired) electrons. The van der Waals surface area contributed by atoms with Gasteiger partial charge in [0.25, 0.3) is 0 Å². The first-order valence-corrected chi connectivity index (χ1v) is 11.1. The maximum Gasteiger partial charge on any atom is 0.248 e. The van der Waals surface area contributed by atoms with Gasteiger partial charge in [-0.3, -0.25) is 4.79 Å². The number of thioether (sulfide) groups is 1. The summed E-state index contributed by atoms with van der Waals surface area (Å²) >= 11 is 1.42. The van der Waals surface area contributed by atoms with Crippen LogP contribution in [0.4, 0.5) is 0 Å². The lowest BCUT2D eigenvalue weighted by molar-refractivity contribution is -0.117. The summed E-state index contributed by atoms with van der Waals surface area (Å²) in [5, 5.41) is 0.621. The molecule has 1 aromatic carbocycles. The normalized spacial score (nSPS) is 25.9. The molecule has 3 rings (SSSR count). The van der Waals surface area contributed by atoms with Gasteiger partial charge in [0.15, 0.2) is 15.0 Å². The van der Waals surface area contributed by atoms with Crippen molar-refractivity contribution in [2.45, 2.75) is 30.6 Å². The summed E-state index contributed by atoms with van der Waals surface area (Å²) in [6.45, 7) is 4.24. The molecule has 0 saturated carbocycles. The molecule has 2 heterocycles. The molecule has 134 valence electrons. The maximum atomic E-state index is 12.2. The van der Waals surface area contributed by atoms with Crippen molar-refractivity contribution < 1.29 is 13.2 Å². The van der Waals surface area contributed by atoms with Crippen molar-refractivity contribution in [1.29, 1.82) is 0 Å². The molecule has 1 amide bonds. The van der Waals surface area contributed by atoms with Crippen LogP contribution in [0, 0.1) is 0 Å². The molecule has 0 N–H and O–H groups in total. The molecular formula is C18H22N2O3S2. The lowest BCUT2D eigenvalue weighted by Gasteiger charge is -2.22. The van der Waals surface area contributed by atoms with Crippen LogP contribution in [-0.4, -0.2) is 53.7 Å². The Morgan fingerprint density at radius 2 is 2.08 bits per heavy atom. The molecule has 2 atom stereocenters. The lowest BCUT2D eigenvalue weighted by Crippen LogP contribution is -2.37. The number of benzene rings is 1. The minimum atomic E-state index is -2.99. The van der Waals surface area contributed by atoms with E-state index in [2.05, 4.69) is 23.7 Å². The highest BCUT2D eigenvalue weighted by Crippen LogP contribution is 2.38. The summed E-state index contributed by atoms with van der Waals surface area (Å²) in [5.74, 6) is 0.159. The van der Waals surface area contributed by atoms with Gasteiger partial charge in [0, 0.05) is 18.2 Å². The van der Waals surface area contributed by atoms with Crippen LogP contribution >= 0.6 is 11.8 Å². The molecule has 0 aromatic heterocycles. The van der Waals surface area contributed by atoms with Crippen molar-refractivity contribution in [1.82, 2.24) is 4.90 Å². The summed E-state index contributed by atoms with van der Waals surface area (Å²) in [6.07, 6.45) is 3.73. The van der Waals surface area contributed by atoms with E-state index in [-0.39, 0.29) is 28.7 Å². The first-order valence-electron chi connectivity index (χ1n) is 8.38. The summed E-state index contributed by atoms with van der Waals surface area (Å²) in [4.78, 5) is 18.4. The highest BCUT2D eigenvalue weighted by Gasteiger charge is 2.48. The van der Waals surface area contributed by atoms with Crippen LogP contribution in [-0.2, 0) is 21.1 Å². The average Bonchev–Trinajstić information content (AvgIpc) is 3.01. The number of nitrogens with zero attached hydrogens (tertiary/aromatic N) is 2. The fraction of sp³-hybridized carbons (Fsp3) is 0.444. The highest BCUT2D eigenvalue weighted by atomic mass is 32.2. The van der Waals surface area contributed by atoms with E-state index in [0.29, 0.717) is 18.1 Å². The van der Waals surface area contributed by atoms with Gasteiger partial charge in [0.05, 0.1) is 17.5 Å². The number of fused-ring (bicyclic) bond motifs is 1. The molecule has 2 aliphatic heterocycles. The maximum absolute atomic E-state index is 12.2. The van der Waals surface area contributed by atoms with Crippen molar-refractivity contribution in [2.24, 2.45) is 4.99 Å². The van der Waals surface area contributed by atoms with Gasteiger partial charge in [0.1, 0.15) is 0 Å². The van der Waals surface area contributed by atoms with E-state index < -0.39 is 9.84 Å². The third-order valence-electron chi connectivity index (χ3n) is 4.42. The summed E-state index contributed by atoms with van der Waals surface area (Å²) in [7, 11) is -2.99. The number of aliphatic imine (C=N–C) groups is 1. The van der Waals surface area contributed by atoms with Crippen molar-refractivity contribution in [3.63, 3.8) is 0 Å². The summed E-state index contributed by atoms with van der Waals surface area (Å²) in [6, 6.07) is 9.97. The molecule has 0 spiro atoms. The number of sulfone groups is 1. The second-order valence-electron chi connectivity index (χ2n) is 6.37. The summed E-state index contributed by atoms with van der Waals surface area (Å²) < 4.78 is 23.7. The molecule has 25 heavy (non-hydrogen) atoms. The number of amides is 1. The zero-order valence-electron chi connectivity index (χ0n) is 14.0. The largest absolute Gasteiger partial charge is 0.342 e. The molecule has 0 bridgehead atoms. The van der Waals surface area contributed by atoms with Crippen LogP contribution in [0.5, 0.6) is 0 Å². The number of amidine groups is 1.